The SMILES string of the molecule is CCn1nccc1CN(C)C(=O)c1ccccc1OC. The second-order valence-corrected chi connectivity index (χ2v) is 4.50. The number of hydrogen-bond donors (Lipinski definition) is 0. The van der Waals surface area contributed by atoms with Crippen LogP contribution in [0.4, 0.5) is 0 Å². The van der Waals surface area contributed by atoms with Gasteiger partial charge in [-0.05, 0) is 25.1 Å². The summed E-state index contributed by atoms with van der Waals surface area (Å²) in [5.41, 5.74) is 1.58. The zero-order valence-corrected chi connectivity index (χ0v) is 12.0. The normalized spacial score (nSPS) is 10.3. The lowest BCUT2D eigenvalue weighted by atomic mass is 10.1. The predicted octanol–water partition coefficient (Wildman–Crippen LogP) is 2.18. The van der Waals surface area contributed by atoms with Crippen LogP contribution in [0.5, 0.6) is 5.75 Å². The Morgan fingerprint density at radius 3 is 2.80 bits per heavy atom. The molecule has 0 radical (unpaired) electrons. The van der Waals surface area contributed by atoms with E-state index in [4.69, 9.17) is 4.74 Å². The number of aryl methyl sites for hydroxylation is 1. The average molecular weight is 273 g/mol. The van der Waals surface area contributed by atoms with E-state index >= 15 is 0 Å². The van der Waals surface area contributed by atoms with Gasteiger partial charge in [0.25, 0.3) is 5.91 Å². The first-order valence-electron chi connectivity index (χ1n) is 6.56. The molecule has 0 bridgehead atoms. The first kappa shape index (κ1) is 14.1. The fourth-order valence-corrected chi connectivity index (χ4v) is 2.12. The summed E-state index contributed by atoms with van der Waals surface area (Å²) in [5.74, 6) is 0.527. The Labute approximate surface area is 118 Å². The summed E-state index contributed by atoms with van der Waals surface area (Å²) in [5, 5.41) is 4.21. The van der Waals surface area contributed by atoms with Gasteiger partial charge in [0.15, 0.2) is 0 Å². The summed E-state index contributed by atoms with van der Waals surface area (Å²) in [7, 11) is 3.35. The standard InChI is InChI=1S/C15H19N3O2/c1-4-18-12(9-10-16-18)11-17(2)15(19)13-7-5-6-8-14(13)20-3/h5-10H,4,11H2,1-3H3. The van der Waals surface area contributed by atoms with Crippen LogP contribution in [0.1, 0.15) is 23.0 Å². The quantitative estimate of drug-likeness (QED) is 0.839. The van der Waals surface area contributed by atoms with Gasteiger partial charge in [-0.3, -0.25) is 9.48 Å². The molecule has 2 aromatic rings. The molecule has 0 aliphatic heterocycles. The van der Waals surface area contributed by atoms with Crippen molar-refractivity contribution in [3.05, 3.63) is 47.8 Å². The van der Waals surface area contributed by atoms with Crippen LogP contribution in [0.3, 0.4) is 0 Å². The molecule has 5 heteroatoms. The third-order valence-corrected chi connectivity index (χ3v) is 3.19. The largest absolute Gasteiger partial charge is 0.496 e. The molecule has 1 aromatic carbocycles. The molecule has 5 nitrogen and oxygen atoms in total. The zero-order valence-electron chi connectivity index (χ0n) is 12.0. The van der Waals surface area contributed by atoms with Gasteiger partial charge in [-0.2, -0.15) is 5.10 Å². The molecule has 1 heterocycles. The molecule has 0 N–H and O–H groups in total. The monoisotopic (exact) mass is 273 g/mol. The summed E-state index contributed by atoms with van der Waals surface area (Å²) < 4.78 is 7.11. The molecule has 0 fully saturated rings. The minimum Gasteiger partial charge on any atom is -0.496 e. The molecule has 0 atom stereocenters. The number of amides is 1. The van der Waals surface area contributed by atoms with E-state index in [1.807, 2.05) is 29.8 Å². The topological polar surface area (TPSA) is 47.4 Å². The second-order valence-electron chi connectivity index (χ2n) is 4.50. The minimum absolute atomic E-state index is 0.0636. The maximum absolute atomic E-state index is 12.5. The van der Waals surface area contributed by atoms with Gasteiger partial charge in [0.1, 0.15) is 5.75 Å². The molecule has 0 saturated carbocycles. The number of benzene rings is 1. The van der Waals surface area contributed by atoms with Gasteiger partial charge < -0.3 is 9.64 Å². The van der Waals surface area contributed by atoms with Crippen molar-refractivity contribution in [3.63, 3.8) is 0 Å². The number of nitrogens with zero attached hydrogens (tertiary/aromatic N) is 3. The molecular weight excluding hydrogens is 254 g/mol. The number of carbonyl (C=O) groups is 1. The molecule has 0 saturated heterocycles. The number of carbonyl (C=O) groups excluding carboxylic acids is 1. The van der Waals surface area contributed by atoms with Crippen LogP contribution in [0, 0.1) is 0 Å². The van der Waals surface area contributed by atoms with Gasteiger partial charge in [0.05, 0.1) is 24.9 Å². The third-order valence-electron chi connectivity index (χ3n) is 3.19. The lowest BCUT2D eigenvalue weighted by molar-refractivity contribution is 0.0778. The number of rotatable bonds is 5. The number of para-hydroxylation sites is 1. The number of hydrogen-bond acceptors (Lipinski definition) is 3. The second kappa shape index (κ2) is 6.23. The van der Waals surface area contributed by atoms with Crippen LogP contribution < -0.4 is 4.74 Å². The van der Waals surface area contributed by atoms with E-state index < -0.39 is 0 Å². The highest BCUT2D eigenvalue weighted by Gasteiger charge is 2.17. The Bertz CT molecular complexity index is 592. The Morgan fingerprint density at radius 1 is 1.35 bits per heavy atom. The smallest absolute Gasteiger partial charge is 0.257 e. The summed E-state index contributed by atoms with van der Waals surface area (Å²) >= 11 is 0. The van der Waals surface area contributed by atoms with E-state index in [1.54, 1.807) is 37.4 Å². The Balaban J connectivity index is 2.16. The van der Waals surface area contributed by atoms with Gasteiger partial charge in [-0.15, -0.1) is 0 Å². The average Bonchev–Trinajstić information content (AvgIpc) is 2.93. The maximum atomic E-state index is 12.5. The van der Waals surface area contributed by atoms with E-state index in [0.717, 1.165) is 12.2 Å². The van der Waals surface area contributed by atoms with E-state index in [1.165, 1.54) is 0 Å². The fraction of sp³-hybridized carbons (Fsp3) is 0.333. The van der Waals surface area contributed by atoms with Gasteiger partial charge in [0.2, 0.25) is 0 Å². The molecule has 20 heavy (non-hydrogen) atoms. The molecular formula is C15H19N3O2. The summed E-state index contributed by atoms with van der Waals surface area (Å²) in [6.45, 7) is 3.34. The maximum Gasteiger partial charge on any atom is 0.257 e. The van der Waals surface area contributed by atoms with Crippen molar-refractivity contribution in [2.75, 3.05) is 14.2 Å². The highest BCUT2D eigenvalue weighted by molar-refractivity contribution is 5.96. The van der Waals surface area contributed by atoms with Crippen molar-refractivity contribution in [1.82, 2.24) is 14.7 Å². The summed E-state index contributed by atoms with van der Waals surface area (Å²) in [4.78, 5) is 14.1. The molecule has 106 valence electrons. The van der Waals surface area contributed by atoms with E-state index in [2.05, 4.69) is 5.10 Å². The van der Waals surface area contributed by atoms with Crippen molar-refractivity contribution in [2.45, 2.75) is 20.0 Å². The molecule has 1 amide bonds. The number of methoxy groups -OCH3 is 1. The Morgan fingerprint density at radius 2 is 2.10 bits per heavy atom. The van der Waals surface area contributed by atoms with Crippen molar-refractivity contribution in [3.8, 4) is 5.75 Å². The third kappa shape index (κ3) is 2.82. The highest BCUT2D eigenvalue weighted by atomic mass is 16.5. The summed E-state index contributed by atoms with van der Waals surface area (Å²) in [6.07, 6.45) is 1.75. The lowest BCUT2D eigenvalue weighted by Crippen LogP contribution is -2.27. The van der Waals surface area contributed by atoms with Gasteiger partial charge in [-0.25, -0.2) is 0 Å². The lowest BCUT2D eigenvalue weighted by Gasteiger charge is -2.19. The highest BCUT2D eigenvalue weighted by Crippen LogP contribution is 2.19. The van der Waals surface area contributed by atoms with Crippen LogP contribution >= 0.6 is 0 Å². The van der Waals surface area contributed by atoms with Crippen LogP contribution in [0.2, 0.25) is 0 Å². The first-order valence-corrected chi connectivity index (χ1v) is 6.56. The fourth-order valence-electron chi connectivity index (χ4n) is 2.12. The van der Waals surface area contributed by atoms with E-state index in [9.17, 15) is 4.79 Å². The zero-order chi connectivity index (χ0) is 14.5. The predicted molar refractivity (Wildman–Crippen MR) is 76.7 cm³/mol. The molecule has 0 aliphatic rings. The Hall–Kier alpha value is -2.30. The van der Waals surface area contributed by atoms with Crippen LogP contribution in [0.15, 0.2) is 36.5 Å². The van der Waals surface area contributed by atoms with Gasteiger partial charge in [-0.1, -0.05) is 12.1 Å². The molecule has 0 unspecified atom stereocenters. The molecule has 0 spiro atoms. The first-order chi connectivity index (χ1) is 9.67. The van der Waals surface area contributed by atoms with E-state index in [-0.39, 0.29) is 5.91 Å². The summed E-state index contributed by atoms with van der Waals surface area (Å²) in [6, 6.07) is 9.17. The molecule has 0 aliphatic carbocycles. The number of aromatic nitrogens is 2. The number of ether oxygens (including phenoxy) is 1. The van der Waals surface area contributed by atoms with Crippen LogP contribution in [-0.4, -0.2) is 34.7 Å². The van der Waals surface area contributed by atoms with Crippen molar-refractivity contribution in [1.29, 1.82) is 0 Å². The Kier molecular flexibility index (Phi) is 4.40. The van der Waals surface area contributed by atoms with Gasteiger partial charge >= 0.3 is 0 Å². The van der Waals surface area contributed by atoms with E-state index in [0.29, 0.717) is 17.9 Å². The van der Waals surface area contributed by atoms with Crippen LogP contribution in [0.25, 0.3) is 0 Å². The molecule has 2 rings (SSSR count). The van der Waals surface area contributed by atoms with Crippen molar-refractivity contribution >= 4 is 5.91 Å². The van der Waals surface area contributed by atoms with Gasteiger partial charge in [0, 0.05) is 19.8 Å². The van der Waals surface area contributed by atoms with Crippen molar-refractivity contribution < 1.29 is 9.53 Å². The molecule has 1 aromatic heterocycles. The van der Waals surface area contributed by atoms with Crippen LogP contribution in [-0.2, 0) is 13.1 Å². The van der Waals surface area contributed by atoms with Crippen molar-refractivity contribution in [2.24, 2.45) is 0 Å². The minimum atomic E-state index is -0.0636.